The number of hydrogen-bond donors (Lipinski definition) is 1. The standard InChI is InChI=1S/C9H10N4O3/c1-2-16-7(14)4-13-5-12-8(9(11)15)6(13)3-10/h5H,2,4H2,1H3,(H2,11,15). The molecule has 0 aromatic carbocycles. The number of carbonyl (C=O) groups is 2. The number of primary amides is 1. The summed E-state index contributed by atoms with van der Waals surface area (Å²) in [5.74, 6) is -1.31. The van der Waals surface area contributed by atoms with Crippen LogP contribution in [0.1, 0.15) is 23.1 Å². The van der Waals surface area contributed by atoms with Gasteiger partial charge in [-0.3, -0.25) is 9.59 Å². The summed E-state index contributed by atoms with van der Waals surface area (Å²) < 4.78 is 5.92. The fourth-order valence-electron chi connectivity index (χ4n) is 1.15. The lowest BCUT2D eigenvalue weighted by Gasteiger charge is -2.03. The second-order valence-electron chi connectivity index (χ2n) is 2.85. The van der Waals surface area contributed by atoms with Crippen LogP contribution >= 0.6 is 0 Å². The van der Waals surface area contributed by atoms with E-state index < -0.39 is 11.9 Å². The Morgan fingerprint density at radius 3 is 2.88 bits per heavy atom. The van der Waals surface area contributed by atoms with E-state index in [1.165, 1.54) is 10.9 Å². The molecule has 0 fully saturated rings. The van der Waals surface area contributed by atoms with Crippen LogP contribution in [0.3, 0.4) is 0 Å². The minimum absolute atomic E-state index is 0.0412. The fraction of sp³-hybridized carbons (Fsp3) is 0.333. The molecular formula is C9H10N4O3. The third kappa shape index (κ3) is 2.36. The molecule has 0 bridgehead atoms. The van der Waals surface area contributed by atoms with Crippen molar-refractivity contribution in [3.8, 4) is 6.07 Å². The summed E-state index contributed by atoms with van der Waals surface area (Å²) in [7, 11) is 0. The Bertz CT molecular complexity index is 458. The third-order valence-corrected chi connectivity index (χ3v) is 1.78. The zero-order valence-corrected chi connectivity index (χ0v) is 8.64. The predicted octanol–water partition coefficient (Wildman–Crippen LogP) is -0.583. The van der Waals surface area contributed by atoms with Crippen molar-refractivity contribution in [2.45, 2.75) is 13.5 Å². The molecule has 0 atom stereocenters. The summed E-state index contributed by atoms with van der Waals surface area (Å²) in [4.78, 5) is 25.7. The van der Waals surface area contributed by atoms with E-state index in [-0.39, 0.29) is 24.5 Å². The van der Waals surface area contributed by atoms with Gasteiger partial charge in [-0.15, -0.1) is 0 Å². The Kier molecular flexibility index (Phi) is 3.61. The molecule has 1 heterocycles. The summed E-state index contributed by atoms with van der Waals surface area (Å²) >= 11 is 0. The molecule has 0 aliphatic heterocycles. The van der Waals surface area contributed by atoms with E-state index in [0.29, 0.717) is 0 Å². The highest BCUT2D eigenvalue weighted by Gasteiger charge is 2.17. The Balaban J connectivity index is 2.94. The van der Waals surface area contributed by atoms with Gasteiger partial charge in [0.2, 0.25) is 0 Å². The van der Waals surface area contributed by atoms with Crippen LogP contribution in [-0.2, 0) is 16.1 Å². The Hall–Kier alpha value is -2.36. The monoisotopic (exact) mass is 222 g/mol. The molecule has 7 nitrogen and oxygen atoms in total. The lowest BCUT2D eigenvalue weighted by molar-refractivity contribution is -0.143. The number of imidazole rings is 1. The van der Waals surface area contributed by atoms with Gasteiger partial charge in [0.15, 0.2) is 11.4 Å². The maximum absolute atomic E-state index is 11.2. The molecule has 2 N–H and O–H groups in total. The summed E-state index contributed by atoms with van der Waals surface area (Å²) in [5, 5.41) is 8.81. The number of nitrogens with two attached hydrogens (primary N) is 1. The highest BCUT2D eigenvalue weighted by Crippen LogP contribution is 2.05. The lowest BCUT2D eigenvalue weighted by atomic mass is 10.3. The van der Waals surface area contributed by atoms with Crippen LogP contribution in [0, 0.1) is 11.3 Å². The van der Waals surface area contributed by atoms with Crippen LogP contribution < -0.4 is 5.73 Å². The molecule has 1 aromatic rings. The fourth-order valence-corrected chi connectivity index (χ4v) is 1.15. The SMILES string of the molecule is CCOC(=O)Cn1cnc(C(N)=O)c1C#N. The molecule has 1 aromatic heterocycles. The second kappa shape index (κ2) is 4.93. The average Bonchev–Trinajstić information content (AvgIpc) is 2.61. The van der Waals surface area contributed by atoms with Crippen LogP contribution in [0.4, 0.5) is 0 Å². The van der Waals surface area contributed by atoms with E-state index in [1.807, 2.05) is 0 Å². The van der Waals surface area contributed by atoms with Gasteiger partial charge in [-0.05, 0) is 6.92 Å². The van der Waals surface area contributed by atoms with Crippen molar-refractivity contribution in [1.82, 2.24) is 9.55 Å². The smallest absolute Gasteiger partial charge is 0.326 e. The molecule has 84 valence electrons. The topological polar surface area (TPSA) is 111 Å². The number of ether oxygens (including phenoxy) is 1. The van der Waals surface area contributed by atoms with E-state index in [0.717, 1.165) is 0 Å². The third-order valence-electron chi connectivity index (χ3n) is 1.78. The second-order valence-corrected chi connectivity index (χ2v) is 2.85. The van der Waals surface area contributed by atoms with Gasteiger partial charge >= 0.3 is 5.97 Å². The molecule has 0 saturated heterocycles. The maximum Gasteiger partial charge on any atom is 0.326 e. The normalized spacial score (nSPS) is 9.50. The molecular weight excluding hydrogens is 212 g/mol. The summed E-state index contributed by atoms with van der Waals surface area (Å²) in [6.45, 7) is 1.75. The van der Waals surface area contributed by atoms with Crippen molar-refractivity contribution in [2.24, 2.45) is 5.73 Å². The van der Waals surface area contributed by atoms with Gasteiger partial charge in [0.05, 0.1) is 12.9 Å². The minimum Gasteiger partial charge on any atom is -0.465 e. The Morgan fingerprint density at radius 2 is 2.38 bits per heavy atom. The van der Waals surface area contributed by atoms with E-state index in [2.05, 4.69) is 4.98 Å². The zero-order valence-electron chi connectivity index (χ0n) is 8.64. The van der Waals surface area contributed by atoms with Crippen molar-refractivity contribution in [1.29, 1.82) is 5.26 Å². The minimum atomic E-state index is -0.806. The molecule has 0 aliphatic carbocycles. The summed E-state index contributed by atoms with van der Waals surface area (Å²) in [6.07, 6.45) is 1.20. The van der Waals surface area contributed by atoms with E-state index in [4.69, 9.17) is 15.7 Å². The van der Waals surface area contributed by atoms with E-state index in [9.17, 15) is 9.59 Å². The summed E-state index contributed by atoms with van der Waals surface area (Å²) in [6, 6.07) is 1.76. The number of nitriles is 1. The lowest BCUT2D eigenvalue weighted by Crippen LogP contribution is -2.17. The Morgan fingerprint density at radius 1 is 1.69 bits per heavy atom. The number of carbonyl (C=O) groups excluding carboxylic acids is 2. The van der Waals surface area contributed by atoms with E-state index in [1.54, 1.807) is 13.0 Å². The van der Waals surface area contributed by atoms with Crippen LogP contribution in [-0.4, -0.2) is 28.0 Å². The van der Waals surface area contributed by atoms with Gasteiger partial charge < -0.3 is 15.0 Å². The van der Waals surface area contributed by atoms with Gasteiger partial charge in [-0.1, -0.05) is 0 Å². The van der Waals surface area contributed by atoms with Gasteiger partial charge in [-0.2, -0.15) is 5.26 Å². The number of nitrogens with zero attached hydrogens (tertiary/aromatic N) is 3. The van der Waals surface area contributed by atoms with Gasteiger partial charge in [0, 0.05) is 0 Å². The number of rotatable bonds is 4. The molecule has 16 heavy (non-hydrogen) atoms. The van der Waals surface area contributed by atoms with Crippen molar-refractivity contribution in [3.05, 3.63) is 17.7 Å². The van der Waals surface area contributed by atoms with Gasteiger partial charge in [0.25, 0.3) is 5.91 Å². The molecule has 7 heteroatoms. The van der Waals surface area contributed by atoms with Crippen LogP contribution in [0.15, 0.2) is 6.33 Å². The van der Waals surface area contributed by atoms with Crippen molar-refractivity contribution >= 4 is 11.9 Å². The zero-order chi connectivity index (χ0) is 12.1. The quantitative estimate of drug-likeness (QED) is 0.685. The van der Waals surface area contributed by atoms with Crippen LogP contribution in [0.25, 0.3) is 0 Å². The van der Waals surface area contributed by atoms with Crippen LogP contribution in [0.2, 0.25) is 0 Å². The highest BCUT2D eigenvalue weighted by atomic mass is 16.5. The predicted molar refractivity (Wildman–Crippen MR) is 52.1 cm³/mol. The molecule has 1 rings (SSSR count). The number of hydrogen-bond acceptors (Lipinski definition) is 5. The molecule has 0 radical (unpaired) electrons. The molecule has 0 spiro atoms. The van der Waals surface area contributed by atoms with Crippen molar-refractivity contribution in [2.75, 3.05) is 6.61 Å². The first-order chi connectivity index (χ1) is 7.60. The number of esters is 1. The number of aromatic nitrogens is 2. The van der Waals surface area contributed by atoms with Crippen LogP contribution in [0.5, 0.6) is 0 Å². The van der Waals surface area contributed by atoms with Gasteiger partial charge in [0.1, 0.15) is 12.6 Å². The maximum atomic E-state index is 11.2. The highest BCUT2D eigenvalue weighted by molar-refractivity contribution is 5.93. The largest absolute Gasteiger partial charge is 0.465 e. The first-order valence-corrected chi connectivity index (χ1v) is 4.50. The molecule has 1 amide bonds. The summed E-state index contributed by atoms with van der Waals surface area (Å²) in [5.41, 5.74) is 4.82. The van der Waals surface area contributed by atoms with Crippen molar-refractivity contribution < 1.29 is 14.3 Å². The molecule has 0 aliphatic rings. The van der Waals surface area contributed by atoms with Crippen molar-refractivity contribution in [3.63, 3.8) is 0 Å². The first-order valence-electron chi connectivity index (χ1n) is 4.50. The van der Waals surface area contributed by atoms with Gasteiger partial charge in [-0.25, -0.2) is 4.98 Å². The first kappa shape index (κ1) is 11.7. The molecule has 0 unspecified atom stereocenters. The van der Waals surface area contributed by atoms with E-state index >= 15 is 0 Å². The average molecular weight is 222 g/mol. The Labute approximate surface area is 91.4 Å². The molecule has 0 saturated carbocycles. The number of amides is 1.